The number of carbonyl (C=O) groups excluding carboxylic acids is 1. The highest BCUT2D eigenvalue weighted by Gasteiger charge is 2.36. The molecule has 1 atom stereocenters. The van der Waals surface area contributed by atoms with Crippen molar-refractivity contribution in [2.24, 2.45) is 0 Å². The maximum absolute atomic E-state index is 12.6. The zero-order chi connectivity index (χ0) is 15.1. The average molecular weight is 319 g/mol. The van der Waals surface area contributed by atoms with Crippen LogP contribution in [0.1, 0.15) is 59.8 Å². The summed E-state index contributed by atoms with van der Waals surface area (Å²) < 4.78 is 5.32. The van der Waals surface area contributed by atoms with Crippen LogP contribution in [-0.4, -0.2) is 32.5 Å². The number of halogens is 1. The standard InChI is InChI=1S/C15H15ClN4O2/c16-10-5-6-11(17-8-10)15(21)20-7-1-2-12(20)13-18-14(22-19-13)9-3-4-9/h5-6,8-9,12H,1-4,7H2/t12-/m0/s1. The van der Waals surface area contributed by atoms with Gasteiger partial charge in [-0.2, -0.15) is 4.98 Å². The van der Waals surface area contributed by atoms with Gasteiger partial charge in [-0.1, -0.05) is 16.8 Å². The van der Waals surface area contributed by atoms with Crippen LogP contribution in [-0.2, 0) is 0 Å². The summed E-state index contributed by atoms with van der Waals surface area (Å²) in [7, 11) is 0. The molecule has 4 rings (SSSR count). The van der Waals surface area contributed by atoms with Crippen molar-refractivity contribution in [1.82, 2.24) is 20.0 Å². The Morgan fingerprint density at radius 2 is 2.18 bits per heavy atom. The molecule has 0 spiro atoms. The highest BCUT2D eigenvalue weighted by atomic mass is 35.5. The molecule has 1 saturated heterocycles. The molecule has 114 valence electrons. The maximum Gasteiger partial charge on any atom is 0.273 e. The van der Waals surface area contributed by atoms with Crippen LogP contribution < -0.4 is 0 Å². The van der Waals surface area contributed by atoms with Crippen molar-refractivity contribution in [3.63, 3.8) is 0 Å². The fourth-order valence-electron chi connectivity index (χ4n) is 2.81. The molecule has 2 aromatic rings. The van der Waals surface area contributed by atoms with E-state index in [0.29, 0.717) is 34.9 Å². The SMILES string of the molecule is O=C(c1ccc(Cl)cn1)N1CCC[C@H]1c1noc(C2CC2)n1. The van der Waals surface area contributed by atoms with Gasteiger partial charge in [-0.05, 0) is 37.8 Å². The molecule has 22 heavy (non-hydrogen) atoms. The molecule has 0 aromatic carbocycles. The van der Waals surface area contributed by atoms with Crippen molar-refractivity contribution in [3.05, 3.63) is 40.8 Å². The van der Waals surface area contributed by atoms with Crippen LogP contribution >= 0.6 is 11.6 Å². The van der Waals surface area contributed by atoms with E-state index in [4.69, 9.17) is 16.1 Å². The minimum atomic E-state index is -0.124. The molecule has 6 nitrogen and oxygen atoms in total. The van der Waals surface area contributed by atoms with Crippen molar-refractivity contribution < 1.29 is 9.32 Å². The Hall–Kier alpha value is -1.95. The van der Waals surface area contributed by atoms with E-state index >= 15 is 0 Å². The second-order valence-corrected chi connectivity index (χ2v) is 6.22. The average Bonchev–Trinajstić information content (AvgIpc) is 3.08. The molecule has 1 amide bonds. The van der Waals surface area contributed by atoms with Gasteiger partial charge >= 0.3 is 0 Å². The van der Waals surface area contributed by atoms with Gasteiger partial charge in [0, 0.05) is 18.7 Å². The number of hydrogen-bond acceptors (Lipinski definition) is 5. The lowest BCUT2D eigenvalue weighted by Gasteiger charge is -2.21. The topological polar surface area (TPSA) is 72.1 Å². The van der Waals surface area contributed by atoms with Gasteiger partial charge < -0.3 is 9.42 Å². The van der Waals surface area contributed by atoms with Gasteiger partial charge in [0.05, 0.1) is 11.1 Å². The van der Waals surface area contributed by atoms with Gasteiger partial charge in [0.15, 0.2) is 5.82 Å². The van der Waals surface area contributed by atoms with Gasteiger partial charge in [-0.15, -0.1) is 0 Å². The lowest BCUT2D eigenvalue weighted by Crippen LogP contribution is -2.31. The lowest BCUT2D eigenvalue weighted by molar-refractivity contribution is 0.0722. The van der Waals surface area contributed by atoms with Crippen LogP contribution in [0.5, 0.6) is 0 Å². The predicted molar refractivity (Wildman–Crippen MR) is 78.5 cm³/mol. The Kier molecular flexibility index (Phi) is 3.33. The number of likely N-dealkylation sites (tertiary alicyclic amines) is 1. The molecule has 3 heterocycles. The van der Waals surface area contributed by atoms with E-state index in [2.05, 4.69) is 15.1 Å². The van der Waals surface area contributed by atoms with E-state index in [1.54, 1.807) is 17.0 Å². The molecular formula is C15H15ClN4O2. The first kappa shape index (κ1) is 13.7. The van der Waals surface area contributed by atoms with Gasteiger partial charge in [0.25, 0.3) is 5.91 Å². The van der Waals surface area contributed by atoms with Crippen LogP contribution in [0.15, 0.2) is 22.9 Å². The minimum absolute atomic E-state index is 0.114. The molecule has 1 saturated carbocycles. The molecule has 2 aromatic heterocycles. The monoisotopic (exact) mass is 318 g/mol. The lowest BCUT2D eigenvalue weighted by atomic mass is 10.2. The van der Waals surface area contributed by atoms with Crippen molar-refractivity contribution in [3.8, 4) is 0 Å². The highest BCUT2D eigenvalue weighted by molar-refractivity contribution is 6.30. The smallest absolute Gasteiger partial charge is 0.273 e. The van der Waals surface area contributed by atoms with Crippen LogP contribution in [0.3, 0.4) is 0 Å². The normalized spacial score (nSPS) is 21.3. The summed E-state index contributed by atoms with van der Waals surface area (Å²) in [5, 5.41) is 4.59. The van der Waals surface area contributed by atoms with Gasteiger partial charge in [-0.3, -0.25) is 4.79 Å². The number of hydrogen-bond donors (Lipinski definition) is 0. The fraction of sp³-hybridized carbons (Fsp3) is 0.467. The third-order valence-corrected chi connectivity index (χ3v) is 4.37. The van der Waals surface area contributed by atoms with E-state index in [0.717, 1.165) is 25.7 Å². The van der Waals surface area contributed by atoms with Crippen molar-refractivity contribution in [1.29, 1.82) is 0 Å². The molecule has 0 N–H and O–H groups in total. The summed E-state index contributed by atoms with van der Waals surface area (Å²) in [6.07, 6.45) is 5.49. The van der Waals surface area contributed by atoms with Crippen molar-refractivity contribution in [2.75, 3.05) is 6.54 Å². The summed E-state index contributed by atoms with van der Waals surface area (Å²) >= 11 is 5.82. The Balaban J connectivity index is 1.56. The predicted octanol–water partition coefficient (Wildman–Crippen LogP) is 2.97. The minimum Gasteiger partial charge on any atom is -0.339 e. The fourth-order valence-corrected chi connectivity index (χ4v) is 2.92. The first-order chi connectivity index (χ1) is 10.7. The summed E-state index contributed by atoms with van der Waals surface area (Å²) in [5.41, 5.74) is 0.391. The van der Waals surface area contributed by atoms with Gasteiger partial charge in [0.1, 0.15) is 5.69 Å². The Bertz CT molecular complexity index is 696. The van der Waals surface area contributed by atoms with Gasteiger partial charge in [0.2, 0.25) is 5.89 Å². The molecule has 2 aliphatic rings. The van der Waals surface area contributed by atoms with Crippen LogP contribution in [0.25, 0.3) is 0 Å². The number of amides is 1. The second kappa shape index (κ2) is 5.35. The van der Waals surface area contributed by atoms with E-state index < -0.39 is 0 Å². The summed E-state index contributed by atoms with van der Waals surface area (Å²) in [6.45, 7) is 0.682. The van der Waals surface area contributed by atoms with Crippen molar-refractivity contribution in [2.45, 2.75) is 37.6 Å². The molecule has 0 bridgehead atoms. The van der Waals surface area contributed by atoms with E-state index in [1.165, 1.54) is 6.20 Å². The van der Waals surface area contributed by atoms with Crippen LogP contribution in [0, 0.1) is 0 Å². The summed E-state index contributed by atoms with van der Waals surface area (Å²) in [5.74, 6) is 1.63. The third kappa shape index (κ3) is 2.47. The number of rotatable bonds is 3. The van der Waals surface area contributed by atoms with Gasteiger partial charge in [-0.25, -0.2) is 4.98 Å². The Labute approximate surface area is 132 Å². The quantitative estimate of drug-likeness (QED) is 0.870. The van der Waals surface area contributed by atoms with E-state index in [9.17, 15) is 4.79 Å². The molecule has 2 fully saturated rings. The van der Waals surface area contributed by atoms with Crippen LogP contribution in [0.2, 0.25) is 5.02 Å². The molecular weight excluding hydrogens is 304 g/mol. The zero-order valence-corrected chi connectivity index (χ0v) is 12.7. The molecule has 7 heteroatoms. The number of pyridine rings is 1. The zero-order valence-electron chi connectivity index (χ0n) is 11.9. The number of carbonyl (C=O) groups is 1. The molecule has 0 radical (unpaired) electrons. The van der Waals surface area contributed by atoms with Crippen LogP contribution in [0.4, 0.5) is 0 Å². The maximum atomic E-state index is 12.6. The van der Waals surface area contributed by atoms with E-state index in [1.807, 2.05) is 0 Å². The first-order valence-electron chi connectivity index (χ1n) is 7.48. The van der Waals surface area contributed by atoms with Crippen molar-refractivity contribution >= 4 is 17.5 Å². The number of aromatic nitrogens is 3. The second-order valence-electron chi connectivity index (χ2n) is 5.78. The highest BCUT2D eigenvalue weighted by Crippen LogP contribution is 2.40. The number of nitrogens with zero attached hydrogens (tertiary/aromatic N) is 4. The largest absolute Gasteiger partial charge is 0.339 e. The van der Waals surface area contributed by atoms with E-state index in [-0.39, 0.29) is 11.9 Å². The molecule has 1 aliphatic heterocycles. The Morgan fingerprint density at radius 3 is 2.91 bits per heavy atom. The molecule has 1 aliphatic carbocycles. The third-order valence-electron chi connectivity index (χ3n) is 4.14. The summed E-state index contributed by atoms with van der Waals surface area (Å²) in [4.78, 5) is 23.0. The molecule has 0 unspecified atom stereocenters. The Morgan fingerprint density at radius 1 is 1.32 bits per heavy atom. The first-order valence-corrected chi connectivity index (χ1v) is 7.86. The summed E-state index contributed by atoms with van der Waals surface area (Å²) in [6, 6.07) is 3.19.